The first-order valence-corrected chi connectivity index (χ1v) is 13.1. The highest BCUT2D eigenvalue weighted by atomic mass is 19.1. The Morgan fingerprint density at radius 1 is 0.975 bits per heavy atom. The maximum absolute atomic E-state index is 14.8. The second-order valence-electron chi connectivity index (χ2n) is 11.1. The first kappa shape index (κ1) is 27.3. The molecule has 3 atom stereocenters. The summed E-state index contributed by atoms with van der Waals surface area (Å²) in [5.41, 5.74) is -1.21. The molecule has 0 unspecified atom stereocenters. The quantitative estimate of drug-likeness (QED) is 0.379. The molecule has 0 aliphatic carbocycles. The highest BCUT2D eigenvalue weighted by Crippen LogP contribution is 2.59. The summed E-state index contributed by atoms with van der Waals surface area (Å²) in [6.07, 6.45) is -2.92. The zero-order valence-electron chi connectivity index (χ0n) is 23.0. The third kappa shape index (κ3) is 4.50. The average Bonchev–Trinajstić information content (AvgIpc) is 3.37. The lowest BCUT2D eigenvalue weighted by Gasteiger charge is -2.34. The molecule has 0 aromatic heterocycles. The second kappa shape index (κ2) is 10.1. The van der Waals surface area contributed by atoms with E-state index in [2.05, 4.69) is 0 Å². The molecule has 208 valence electrons. The fraction of sp³-hybridized carbons (Fsp3) is 0.323. The van der Waals surface area contributed by atoms with E-state index in [0.717, 1.165) is 4.90 Å². The average molecular weight is 547 g/mol. The van der Waals surface area contributed by atoms with Crippen LogP contribution in [-0.4, -0.2) is 35.8 Å². The zero-order valence-corrected chi connectivity index (χ0v) is 23.0. The molecule has 0 bridgehead atoms. The molecule has 2 heterocycles. The van der Waals surface area contributed by atoms with Crippen molar-refractivity contribution in [1.82, 2.24) is 0 Å². The number of esters is 1. The summed E-state index contributed by atoms with van der Waals surface area (Å²) in [5.74, 6) is -2.05. The summed E-state index contributed by atoms with van der Waals surface area (Å²) in [5, 5.41) is 1.44. The van der Waals surface area contributed by atoms with Crippen LogP contribution in [-0.2, 0) is 29.3 Å². The van der Waals surface area contributed by atoms with Crippen molar-refractivity contribution in [3.8, 4) is 0 Å². The van der Waals surface area contributed by atoms with Gasteiger partial charge in [0.1, 0.15) is 22.9 Å². The number of hydrogen-bond acceptors (Lipinski definition) is 7. The minimum atomic E-state index is -1.83. The predicted molar refractivity (Wildman–Crippen MR) is 146 cm³/mol. The van der Waals surface area contributed by atoms with Gasteiger partial charge in [-0.05, 0) is 76.1 Å². The first-order chi connectivity index (χ1) is 18.9. The minimum absolute atomic E-state index is 0.254. The fourth-order valence-electron chi connectivity index (χ4n) is 5.40. The minimum Gasteiger partial charge on any atom is -0.461 e. The van der Waals surface area contributed by atoms with Crippen molar-refractivity contribution in [3.05, 3.63) is 95.8 Å². The molecule has 0 saturated carbocycles. The van der Waals surface area contributed by atoms with Crippen molar-refractivity contribution in [2.45, 2.75) is 63.9 Å². The molecule has 2 aliphatic heterocycles. The number of anilines is 2. The lowest BCUT2D eigenvalue weighted by atomic mass is 9.69. The Labute approximate surface area is 232 Å². The van der Waals surface area contributed by atoms with E-state index >= 15 is 0 Å². The number of fused-ring (bicyclic) bond motifs is 2. The summed E-state index contributed by atoms with van der Waals surface area (Å²) in [6.45, 7) is 8.47. The topological polar surface area (TPSA) is 85.4 Å². The second-order valence-corrected chi connectivity index (χ2v) is 11.1. The van der Waals surface area contributed by atoms with Crippen LogP contribution in [0.4, 0.5) is 20.6 Å². The lowest BCUT2D eigenvalue weighted by Crippen LogP contribution is -2.54. The molecule has 3 aromatic rings. The molecule has 1 fully saturated rings. The molecule has 5 rings (SSSR count). The Morgan fingerprint density at radius 2 is 1.65 bits per heavy atom. The van der Waals surface area contributed by atoms with Gasteiger partial charge in [-0.1, -0.05) is 48.5 Å². The van der Waals surface area contributed by atoms with Crippen LogP contribution in [0.2, 0.25) is 0 Å². The molecule has 8 nitrogen and oxygen atoms in total. The van der Waals surface area contributed by atoms with Crippen molar-refractivity contribution < 1.29 is 33.1 Å². The van der Waals surface area contributed by atoms with Crippen molar-refractivity contribution in [2.75, 3.05) is 9.96 Å². The number of ether oxygens (including phenoxy) is 2. The van der Waals surface area contributed by atoms with Gasteiger partial charge in [-0.2, -0.15) is 0 Å². The van der Waals surface area contributed by atoms with Crippen LogP contribution < -0.4 is 9.96 Å². The highest BCUT2D eigenvalue weighted by molar-refractivity contribution is 6.23. The van der Waals surface area contributed by atoms with Gasteiger partial charge >= 0.3 is 12.1 Å². The summed E-state index contributed by atoms with van der Waals surface area (Å²) < 4.78 is 25.9. The Balaban J connectivity index is 1.81. The number of rotatable bonds is 4. The van der Waals surface area contributed by atoms with Gasteiger partial charge in [0.15, 0.2) is 0 Å². The molecular weight excluding hydrogens is 515 g/mol. The number of carbonyl (C=O) groups excluding carboxylic acids is 3. The maximum atomic E-state index is 14.8. The van der Waals surface area contributed by atoms with E-state index in [0.29, 0.717) is 16.8 Å². The number of hydrogen-bond donors (Lipinski definition) is 0. The maximum Gasteiger partial charge on any atom is 0.421 e. The van der Waals surface area contributed by atoms with Gasteiger partial charge in [-0.3, -0.25) is 9.63 Å². The molecule has 3 aromatic carbocycles. The molecular formula is C31H31FN2O6. The Bertz CT molecular complexity index is 1450. The van der Waals surface area contributed by atoms with E-state index in [4.69, 9.17) is 14.3 Å². The molecule has 0 radical (unpaired) electrons. The number of benzene rings is 3. The number of carbonyl (C=O) groups is 3. The molecule has 9 heteroatoms. The predicted octanol–water partition coefficient (Wildman–Crippen LogP) is 5.86. The van der Waals surface area contributed by atoms with E-state index in [1.54, 1.807) is 89.2 Å². The normalized spacial score (nSPS) is 22.1. The van der Waals surface area contributed by atoms with E-state index in [1.807, 2.05) is 6.07 Å². The molecule has 0 N–H and O–H groups in total. The van der Waals surface area contributed by atoms with Crippen molar-refractivity contribution in [3.63, 3.8) is 0 Å². The van der Waals surface area contributed by atoms with Crippen LogP contribution in [0, 0.1) is 5.82 Å². The number of para-hydroxylation sites is 2. The molecule has 2 aliphatic rings. The van der Waals surface area contributed by atoms with Gasteiger partial charge in [0.05, 0.1) is 17.5 Å². The fourth-order valence-corrected chi connectivity index (χ4v) is 5.40. The van der Waals surface area contributed by atoms with Crippen molar-refractivity contribution >= 4 is 29.3 Å². The van der Waals surface area contributed by atoms with Crippen LogP contribution in [0.5, 0.6) is 0 Å². The number of amides is 2. The van der Waals surface area contributed by atoms with Crippen LogP contribution in [0.25, 0.3) is 0 Å². The first-order valence-electron chi connectivity index (χ1n) is 13.1. The Kier molecular flexibility index (Phi) is 6.87. The zero-order chi connectivity index (χ0) is 28.8. The van der Waals surface area contributed by atoms with Gasteiger partial charge in [-0.25, -0.2) is 23.9 Å². The molecule has 1 spiro atoms. The largest absolute Gasteiger partial charge is 0.461 e. The van der Waals surface area contributed by atoms with Crippen molar-refractivity contribution in [1.29, 1.82) is 0 Å². The SMILES string of the molecule is CC(C)OC(=O)[C@@H]1ON(c2ccccc2)[C@H](c2cccc(F)c2)[C@@]12C(=O)N(C(=O)OC(C)(C)C)c1ccccc12. The summed E-state index contributed by atoms with van der Waals surface area (Å²) in [6, 6.07) is 20.3. The van der Waals surface area contributed by atoms with Gasteiger partial charge in [-0.15, -0.1) is 0 Å². The summed E-state index contributed by atoms with van der Waals surface area (Å²) in [7, 11) is 0. The summed E-state index contributed by atoms with van der Waals surface area (Å²) >= 11 is 0. The number of nitrogens with zero attached hydrogens (tertiary/aromatic N) is 2. The van der Waals surface area contributed by atoms with Gasteiger partial charge in [0.25, 0.3) is 5.91 Å². The van der Waals surface area contributed by atoms with E-state index in [1.165, 1.54) is 23.3 Å². The van der Waals surface area contributed by atoms with Crippen LogP contribution in [0.15, 0.2) is 78.9 Å². The van der Waals surface area contributed by atoms with E-state index in [9.17, 15) is 18.8 Å². The van der Waals surface area contributed by atoms with Crippen LogP contribution >= 0.6 is 0 Å². The third-order valence-corrected chi connectivity index (χ3v) is 6.76. The molecule has 1 saturated heterocycles. The third-order valence-electron chi connectivity index (χ3n) is 6.76. The van der Waals surface area contributed by atoms with Crippen LogP contribution in [0.3, 0.4) is 0 Å². The molecule has 40 heavy (non-hydrogen) atoms. The Hall–Kier alpha value is -4.24. The number of imide groups is 1. The standard InChI is InChI=1S/C31H31FN2O6/c1-19(2)38-27(35)26-31(23-16-9-10-17-24(23)33(28(31)36)29(37)39-30(3,4)5)25(20-12-11-13-21(32)18-20)34(40-26)22-14-7-6-8-15-22/h6-19,25-26H,1-5H3/t25-,26+,31-/m1/s1. The highest BCUT2D eigenvalue weighted by Gasteiger charge is 2.71. The van der Waals surface area contributed by atoms with Gasteiger partial charge < -0.3 is 9.47 Å². The van der Waals surface area contributed by atoms with Gasteiger partial charge in [0.2, 0.25) is 6.10 Å². The van der Waals surface area contributed by atoms with E-state index < -0.39 is 53.1 Å². The molecule has 2 amide bonds. The number of hydroxylamine groups is 1. The Morgan fingerprint density at radius 3 is 2.30 bits per heavy atom. The van der Waals surface area contributed by atoms with Gasteiger partial charge in [0, 0.05) is 0 Å². The smallest absolute Gasteiger partial charge is 0.421 e. The number of halogens is 1. The monoisotopic (exact) mass is 546 g/mol. The summed E-state index contributed by atoms with van der Waals surface area (Å²) in [4.78, 5) is 49.4. The van der Waals surface area contributed by atoms with Crippen LogP contribution in [0.1, 0.15) is 51.8 Å². The lowest BCUT2D eigenvalue weighted by molar-refractivity contribution is -0.163. The van der Waals surface area contributed by atoms with E-state index in [-0.39, 0.29) is 5.69 Å². The van der Waals surface area contributed by atoms with Crippen molar-refractivity contribution in [2.24, 2.45) is 0 Å².